The summed E-state index contributed by atoms with van der Waals surface area (Å²) in [6.45, 7) is 2.56. The van der Waals surface area contributed by atoms with Crippen molar-refractivity contribution in [3.63, 3.8) is 0 Å². The molecule has 0 fully saturated rings. The molecule has 0 amide bonds. The second kappa shape index (κ2) is 4.99. The second-order valence-corrected chi connectivity index (χ2v) is 3.61. The van der Waals surface area contributed by atoms with E-state index in [1.807, 2.05) is 6.92 Å². The summed E-state index contributed by atoms with van der Waals surface area (Å²) in [4.78, 5) is 0.302. The largest absolute Gasteiger partial charge is 0.368 e. The van der Waals surface area contributed by atoms with Gasteiger partial charge in [0.1, 0.15) is 11.0 Å². The van der Waals surface area contributed by atoms with E-state index in [2.05, 4.69) is 0 Å². The molecule has 0 aromatic carbocycles. The molecule has 0 radical (unpaired) electrons. The summed E-state index contributed by atoms with van der Waals surface area (Å²) in [7, 11) is -2.18. The third-order valence-electron chi connectivity index (χ3n) is 1.63. The molecule has 72 valence electrons. The quantitative estimate of drug-likeness (QED) is 0.637. The van der Waals surface area contributed by atoms with Gasteiger partial charge in [-0.3, -0.25) is 0 Å². The van der Waals surface area contributed by atoms with E-state index in [1.54, 1.807) is 24.3 Å². The van der Waals surface area contributed by atoms with Crippen LogP contribution in [0.25, 0.3) is 0 Å². The molecule has 0 bridgehead atoms. The van der Waals surface area contributed by atoms with E-state index in [9.17, 15) is 8.42 Å². The molecule has 0 spiro atoms. The van der Waals surface area contributed by atoms with Crippen LogP contribution in [0.4, 0.5) is 0 Å². The van der Waals surface area contributed by atoms with Gasteiger partial charge in [-0.15, -0.1) is 0 Å². The average Bonchev–Trinajstić information content (AvgIpc) is 2.15. The van der Waals surface area contributed by atoms with E-state index in [1.165, 1.54) is 0 Å². The van der Waals surface area contributed by atoms with Crippen molar-refractivity contribution in [2.24, 2.45) is 0 Å². The summed E-state index contributed by atoms with van der Waals surface area (Å²) >= 11 is 0. The Balaban J connectivity index is 2.78. The predicted octanol–water partition coefficient (Wildman–Crippen LogP) is 0.959. The topological polar surface area (TPSA) is 43.4 Å². The maximum absolute atomic E-state index is 10.7. The molecule has 0 aliphatic heterocycles. The molecule has 3 nitrogen and oxygen atoms in total. The highest BCUT2D eigenvalue weighted by Crippen LogP contribution is 2.05. The molecule has 4 heteroatoms. The van der Waals surface area contributed by atoms with Gasteiger partial charge in [-0.25, -0.2) is 0 Å². The van der Waals surface area contributed by atoms with Crippen LogP contribution in [0.5, 0.6) is 0 Å². The molecule has 13 heavy (non-hydrogen) atoms. The van der Waals surface area contributed by atoms with Gasteiger partial charge >= 0.3 is 0 Å². The van der Waals surface area contributed by atoms with Crippen LogP contribution < -0.4 is 0 Å². The minimum Gasteiger partial charge on any atom is -0.368 e. The van der Waals surface area contributed by atoms with Crippen molar-refractivity contribution in [2.45, 2.75) is 19.4 Å². The Morgan fingerprint density at radius 1 is 1.46 bits per heavy atom. The summed E-state index contributed by atoms with van der Waals surface area (Å²) in [5, 5.41) is 0. The summed E-state index contributed by atoms with van der Waals surface area (Å²) in [5.41, 5.74) is 0. The highest BCUT2D eigenvalue weighted by atomic mass is 32.2. The number of hydrogen-bond acceptors (Lipinski definition) is 3. The summed E-state index contributed by atoms with van der Waals surface area (Å²) < 4.78 is 26.8. The zero-order valence-corrected chi connectivity index (χ0v) is 8.25. The fraction of sp³-hybridized carbons (Fsp3) is 0.444. The monoisotopic (exact) mass is 200 g/mol. The summed E-state index contributed by atoms with van der Waals surface area (Å²) in [6, 6.07) is 0. The van der Waals surface area contributed by atoms with Gasteiger partial charge in [-0.1, -0.05) is 25.2 Å². The first-order chi connectivity index (χ1) is 6.25. The van der Waals surface area contributed by atoms with Gasteiger partial charge in [0, 0.05) is 6.61 Å². The zero-order valence-electron chi connectivity index (χ0n) is 7.43. The number of rotatable bonds is 3. The third kappa shape index (κ3) is 2.82. The van der Waals surface area contributed by atoms with Crippen molar-refractivity contribution >= 4 is 15.2 Å². The van der Waals surface area contributed by atoms with E-state index in [4.69, 9.17) is 4.74 Å². The first kappa shape index (κ1) is 10.2. The lowest BCUT2D eigenvalue weighted by Gasteiger charge is -2.13. The maximum atomic E-state index is 10.7. The van der Waals surface area contributed by atoms with Crippen molar-refractivity contribution in [3.8, 4) is 0 Å². The number of ether oxygens (including phenoxy) is 1. The minimum absolute atomic E-state index is 0.302. The van der Waals surface area contributed by atoms with Crippen LogP contribution in [0.1, 0.15) is 13.3 Å². The van der Waals surface area contributed by atoms with Crippen LogP contribution >= 0.6 is 0 Å². The lowest BCUT2D eigenvalue weighted by Crippen LogP contribution is -2.23. The van der Waals surface area contributed by atoms with Gasteiger partial charge in [0.15, 0.2) is 0 Å². The van der Waals surface area contributed by atoms with Crippen LogP contribution in [0.15, 0.2) is 24.3 Å². The Labute approximate surface area is 79.2 Å². The zero-order chi connectivity index (χ0) is 9.68. The maximum Gasteiger partial charge on any atom is 0.220 e. The lowest BCUT2D eigenvalue weighted by atomic mass is 10.1. The van der Waals surface area contributed by atoms with E-state index in [0.29, 0.717) is 11.5 Å². The molecule has 1 unspecified atom stereocenters. The number of allylic oxidation sites excluding steroid dienone is 2. The molecule has 1 atom stereocenters. The van der Waals surface area contributed by atoms with Crippen molar-refractivity contribution in [1.29, 1.82) is 0 Å². The smallest absolute Gasteiger partial charge is 0.220 e. The van der Waals surface area contributed by atoms with Gasteiger partial charge < -0.3 is 4.74 Å². The summed E-state index contributed by atoms with van der Waals surface area (Å²) in [5.74, 6) is 0. The molecular formula is C9H12O3S. The molecule has 0 saturated carbocycles. The van der Waals surface area contributed by atoms with Crippen molar-refractivity contribution < 1.29 is 13.2 Å². The first-order valence-corrected chi connectivity index (χ1v) is 5.25. The van der Waals surface area contributed by atoms with E-state index < -0.39 is 16.4 Å². The molecule has 0 N–H and O–H groups in total. The molecule has 1 aliphatic rings. The van der Waals surface area contributed by atoms with Gasteiger partial charge in [-0.05, 0) is 12.5 Å². The van der Waals surface area contributed by atoms with Crippen LogP contribution in [0, 0.1) is 0 Å². The normalized spacial score (nSPS) is 20.7. The molecular weight excluding hydrogens is 188 g/mol. The molecule has 0 aromatic rings. The standard InChI is InChI=1S/C9H12O3S/c1-2-7-12-8-5-3-4-6-9(8)13(10)11/h3-6,8H,2,7H2,1H3. The van der Waals surface area contributed by atoms with Crippen molar-refractivity contribution in [3.05, 3.63) is 24.3 Å². The third-order valence-corrected chi connectivity index (χ3v) is 2.39. The van der Waals surface area contributed by atoms with Gasteiger partial charge in [-0.2, -0.15) is 8.42 Å². The van der Waals surface area contributed by atoms with Gasteiger partial charge in [0.2, 0.25) is 10.3 Å². The minimum atomic E-state index is -2.18. The van der Waals surface area contributed by atoms with Gasteiger partial charge in [0.05, 0.1) is 0 Å². The van der Waals surface area contributed by atoms with E-state index >= 15 is 0 Å². The molecule has 1 aliphatic carbocycles. The average molecular weight is 200 g/mol. The van der Waals surface area contributed by atoms with Crippen LogP contribution in [0.3, 0.4) is 0 Å². The molecule has 0 heterocycles. The highest BCUT2D eigenvalue weighted by molar-refractivity contribution is 7.73. The van der Waals surface area contributed by atoms with E-state index in [-0.39, 0.29) is 0 Å². The summed E-state index contributed by atoms with van der Waals surface area (Å²) in [6.07, 6.45) is 7.26. The molecule has 0 saturated heterocycles. The Hall–Kier alpha value is -0.870. The van der Waals surface area contributed by atoms with Crippen LogP contribution in [-0.2, 0) is 15.0 Å². The predicted molar refractivity (Wildman–Crippen MR) is 52.2 cm³/mol. The highest BCUT2D eigenvalue weighted by Gasteiger charge is 2.13. The Morgan fingerprint density at radius 2 is 2.23 bits per heavy atom. The van der Waals surface area contributed by atoms with Gasteiger partial charge in [0.25, 0.3) is 0 Å². The number of hydrogen-bond donors (Lipinski definition) is 0. The lowest BCUT2D eigenvalue weighted by molar-refractivity contribution is 0.129. The Morgan fingerprint density at radius 3 is 2.85 bits per heavy atom. The fourth-order valence-corrected chi connectivity index (χ4v) is 1.56. The van der Waals surface area contributed by atoms with Crippen molar-refractivity contribution in [2.75, 3.05) is 6.61 Å². The Kier molecular flexibility index (Phi) is 3.92. The SMILES string of the molecule is CCCOC1C=CC=CC1=S(=O)=O. The van der Waals surface area contributed by atoms with Crippen LogP contribution in [0.2, 0.25) is 0 Å². The molecule has 1 rings (SSSR count). The fourth-order valence-electron chi connectivity index (χ4n) is 1.04. The molecule has 0 aromatic heterocycles. The van der Waals surface area contributed by atoms with E-state index in [0.717, 1.165) is 6.42 Å². The van der Waals surface area contributed by atoms with Crippen LogP contribution in [-0.4, -0.2) is 26.0 Å². The Bertz CT molecular complexity index is 341. The van der Waals surface area contributed by atoms with Crippen molar-refractivity contribution in [1.82, 2.24) is 0 Å². The second-order valence-electron chi connectivity index (χ2n) is 2.67. The first-order valence-electron chi connectivity index (χ1n) is 4.18.